The van der Waals surface area contributed by atoms with Gasteiger partial charge in [-0.3, -0.25) is 0 Å². The van der Waals surface area contributed by atoms with E-state index in [1.807, 2.05) is 0 Å². The number of aliphatic hydroxyl groups excluding tert-OH is 2. The second-order valence-corrected chi connectivity index (χ2v) is 2.49. The molecule has 0 aromatic heterocycles. The third-order valence-electron chi connectivity index (χ3n) is 1.66. The Bertz CT molecular complexity index is 107. The zero-order valence-electron chi connectivity index (χ0n) is 5.95. The first-order chi connectivity index (χ1) is 4.75. The van der Waals surface area contributed by atoms with Crippen molar-refractivity contribution < 1.29 is 14.9 Å². The van der Waals surface area contributed by atoms with E-state index in [4.69, 9.17) is 9.84 Å². The molecule has 1 fully saturated rings. The highest BCUT2D eigenvalue weighted by Crippen LogP contribution is 2.12. The Morgan fingerprint density at radius 2 is 2.30 bits per heavy atom. The van der Waals surface area contributed by atoms with Gasteiger partial charge in [0.2, 0.25) is 0 Å². The van der Waals surface area contributed by atoms with Crippen LogP contribution in [0.5, 0.6) is 0 Å². The van der Waals surface area contributed by atoms with Crippen LogP contribution in [0.25, 0.3) is 0 Å². The van der Waals surface area contributed by atoms with Crippen molar-refractivity contribution in [1.82, 2.24) is 5.32 Å². The van der Waals surface area contributed by atoms with Crippen LogP contribution in [-0.4, -0.2) is 48.7 Å². The molecule has 4 heteroatoms. The summed E-state index contributed by atoms with van der Waals surface area (Å²) in [6.07, 6.45) is -1.69. The molecule has 1 aliphatic rings. The minimum Gasteiger partial charge on any atom is -0.388 e. The van der Waals surface area contributed by atoms with E-state index in [1.54, 1.807) is 7.05 Å². The van der Waals surface area contributed by atoms with Gasteiger partial charge in [-0.1, -0.05) is 0 Å². The summed E-state index contributed by atoms with van der Waals surface area (Å²) in [4.78, 5) is 0. The summed E-state index contributed by atoms with van der Waals surface area (Å²) in [5, 5.41) is 21.0. The zero-order valence-corrected chi connectivity index (χ0v) is 5.95. The molecule has 4 nitrogen and oxygen atoms in total. The topological polar surface area (TPSA) is 61.7 Å². The lowest BCUT2D eigenvalue weighted by molar-refractivity contribution is 0.0246. The standard InChI is InChI=1S/C6H13NO3/c1-7-2-5-6(9)4(8)3-10-5/h4-9H,2-3H2,1H3/t4-,5-,6+/m0/s1. The summed E-state index contributed by atoms with van der Waals surface area (Å²) < 4.78 is 5.06. The van der Waals surface area contributed by atoms with E-state index in [1.165, 1.54) is 0 Å². The van der Waals surface area contributed by atoms with E-state index >= 15 is 0 Å². The Balaban J connectivity index is 2.33. The summed E-state index contributed by atoms with van der Waals surface area (Å²) in [5.41, 5.74) is 0. The second kappa shape index (κ2) is 3.30. The van der Waals surface area contributed by atoms with E-state index in [-0.39, 0.29) is 12.7 Å². The van der Waals surface area contributed by atoms with E-state index in [0.29, 0.717) is 6.54 Å². The fraction of sp³-hybridized carbons (Fsp3) is 1.00. The van der Waals surface area contributed by atoms with Gasteiger partial charge in [-0.2, -0.15) is 0 Å². The molecule has 0 amide bonds. The molecule has 0 saturated carbocycles. The summed E-state index contributed by atoms with van der Waals surface area (Å²) in [6, 6.07) is 0. The van der Waals surface area contributed by atoms with Crippen LogP contribution in [0.3, 0.4) is 0 Å². The summed E-state index contributed by atoms with van der Waals surface area (Å²) in [5.74, 6) is 0. The van der Waals surface area contributed by atoms with E-state index in [2.05, 4.69) is 5.32 Å². The third kappa shape index (κ3) is 1.46. The first-order valence-electron chi connectivity index (χ1n) is 3.38. The normalized spacial score (nSPS) is 40.5. The predicted molar refractivity (Wildman–Crippen MR) is 35.7 cm³/mol. The number of ether oxygens (including phenoxy) is 1. The van der Waals surface area contributed by atoms with Crippen LogP contribution < -0.4 is 5.32 Å². The molecule has 1 aliphatic heterocycles. The number of hydrogen-bond donors (Lipinski definition) is 3. The minimum atomic E-state index is -0.729. The number of nitrogens with one attached hydrogen (secondary N) is 1. The maximum atomic E-state index is 9.17. The van der Waals surface area contributed by atoms with Crippen molar-refractivity contribution in [1.29, 1.82) is 0 Å². The maximum Gasteiger partial charge on any atom is 0.109 e. The molecule has 1 rings (SSSR count). The average Bonchev–Trinajstić information content (AvgIpc) is 2.20. The second-order valence-electron chi connectivity index (χ2n) is 2.49. The van der Waals surface area contributed by atoms with Crippen molar-refractivity contribution in [3.05, 3.63) is 0 Å². The molecular weight excluding hydrogens is 134 g/mol. The van der Waals surface area contributed by atoms with Crippen molar-refractivity contribution >= 4 is 0 Å². The molecule has 10 heavy (non-hydrogen) atoms. The maximum absolute atomic E-state index is 9.17. The molecule has 1 heterocycles. The Morgan fingerprint density at radius 1 is 1.60 bits per heavy atom. The molecule has 0 aromatic carbocycles. The van der Waals surface area contributed by atoms with Gasteiger partial charge in [0.05, 0.1) is 12.7 Å². The lowest BCUT2D eigenvalue weighted by Gasteiger charge is -2.13. The first kappa shape index (κ1) is 7.94. The Labute approximate surface area is 59.8 Å². The smallest absolute Gasteiger partial charge is 0.109 e. The van der Waals surface area contributed by atoms with Crippen LogP contribution in [-0.2, 0) is 4.74 Å². The highest BCUT2D eigenvalue weighted by Gasteiger charge is 2.33. The van der Waals surface area contributed by atoms with Crippen LogP contribution in [0.1, 0.15) is 0 Å². The molecule has 0 bridgehead atoms. The van der Waals surface area contributed by atoms with Crippen molar-refractivity contribution in [2.45, 2.75) is 18.3 Å². The fourth-order valence-electron chi connectivity index (χ4n) is 1.05. The Hall–Kier alpha value is -0.160. The van der Waals surface area contributed by atoms with Crippen LogP contribution in [0.2, 0.25) is 0 Å². The average molecular weight is 147 g/mol. The van der Waals surface area contributed by atoms with Crippen LogP contribution in [0.4, 0.5) is 0 Å². The van der Waals surface area contributed by atoms with E-state index in [0.717, 1.165) is 0 Å². The molecule has 0 aromatic rings. The summed E-state index contributed by atoms with van der Waals surface area (Å²) in [7, 11) is 1.78. The van der Waals surface area contributed by atoms with Gasteiger partial charge in [0.1, 0.15) is 12.2 Å². The largest absolute Gasteiger partial charge is 0.388 e. The van der Waals surface area contributed by atoms with Gasteiger partial charge < -0.3 is 20.3 Å². The van der Waals surface area contributed by atoms with Gasteiger partial charge in [0.15, 0.2) is 0 Å². The zero-order chi connectivity index (χ0) is 7.56. The molecule has 0 unspecified atom stereocenters. The minimum absolute atomic E-state index is 0.244. The van der Waals surface area contributed by atoms with Gasteiger partial charge in [0.25, 0.3) is 0 Å². The lowest BCUT2D eigenvalue weighted by Crippen LogP contribution is -2.36. The van der Waals surface area contributed by atoms with Crippen molar-refractivity contribution in [3.63, 3.8) is 0 Å². The first-order valence-corrected chi connectivity index (χ1v) is 3.38. The highest BCUT2D eigenvalue weighted by atomic mass is 16.5. The van der Waals surface area contributed by atoms with Crippen LogP contribution in [0.15, 0.2) is 0 Å². The Kier molecular flexibility index (Phi) is 2.62. The number of hydrogen-bond acceptors (Lipinski definition) is 4. The molecule has 3 atom stereocenters. The van der Waals surface area contributed by atoms with Gasteiger partial charge in [0, 0.05) is 6.54 Å². The SMILES string of the molecule is CNC[C@@H]1OC[C@H](O)[C@H]1O. The lowest BCUT2D eigenvalue weighted by atomic mass is 10.1. The number of rotatable bonds is 2. The molecule has 1 saturated heterocycles. The highest BCUT2D eigenvalue weighted by molar-refractivity contribution is 4.83. The molecular formula is C6H13NO3. The molecule has 0 radical (unpaired) electrons. The summed E-state index contributed by atoms with van der Waals surface area (Å²) in [6.45, 7) is 0.825. The van der Waals surface area contributed by atoms with Gasteiger partial charge >= 0.3 is 0 Å². The van der Waals surface area contributed by atoms with Gasteiger partial charge in [-0.05, 0) is 7.05 Å². The summed E-state index contributed by atoms with van der Waals surface area (Å²) >= 11 is 0. The van der Waals surface area contributed by atoms with Gasteiger partial charge in [-0.15, -0.1) is 0 Å². The van der Waals surface area contributed by atoms with Crippen molar-refractivity contribution in [2.75, 3.05) is 20.2 Å². The third-order valence-corrected chi connectivity index (χ3v) is 1.66. The predicted octanol–water partition coefficient (Wildman–Crippen LogP) is -1.67. The molecule has 3 N–H and O–H groups in total. The van der Waals surface area contributed by atoms with Crippen LogP contribution in [0, 0.1) is 0 Å². The van der Waals surface area contributed by atoms with E-state index in [9.17, 15) is 5.11 Å². The number of aliphatic hydroxyl groups is 2. The van der Waals surface area contributed by atoms with Crippen molar-refractivity contribution in [2.24, 2.45) is 0 Å². The Morgan fingerprint density at radius 3 is 2.70 bits per heavy atom. The molecule has 60 valence electrons. The number of likely N-dealkylation sites (N-methyl/N-ethyl adjacent to an activating group) is 1. The molecule has 0 spiro atoms. The molecule has 0 aliphatic carbocycles. The van der Waals surface area contributed by atoms with Gasteiger partial charge in [-0.25, -0.2) is 0 Å². The van der Waals surface area contributed by atoms with Crippen LogP contribution >= 0.6 is 0 Å². The van der Waals surface area contributed by atoms with Crippen molar-refractivity contribution in [3.8, 4) is 0 Å². The fourth-order valence-corrected chi connectivity index (χ4v) is 1.05. The van der Waals surface area contributed by atoms with E-state index < -0.39 is 12.2 Å². The monoisotopic (exact) mass is 147 g/mol. The quantitative estimate of drug-likeness (QED) is 0.437.